The van der Waals surface area contributed by atoms with Crippen molar-refractivity contribution in [3.63, 3.8) is 0 Å². The van der Waals surface area contributed by atoms with Crippen molar-refractivity contribution in [3.8, 4) is 6.07 Å². The van der Waals surface area contributed by atoms with Gasteiger partial charge in [0.05, 0.1) is 18.6 Å². The third kappa shape index (κ3) is 1.72. The molecule has 1 heterocycles. The lowest BCUT2D eigenvalue weighted by atomic mass is 9.91. The first-order valence-electron chi connectivity index (χ1n) is 5.97. The van der Waals surface area contributed by atoms with Gasteiger partial charge in [0.25, 0.3) is 0 Å². The van der Waals surface area contributed by atoms with E-state index in [0.717, 1.165) is 0 Å². The maximum absolute atomic E-state index is 11.9. The number of hydrogen-bond acceptors (Lipinski definition) is 5. The fourth-order valence-electron chi connectivity index (χ4n) is 2.86. The quantitative estimate of drug-likeness (QED) is 0.682. The van der Waals surface area contributed by atoms with E-state index in [1.54, 1.807) is 13.8 Å². The van der Waals surface area contributed by atoms with Gasteiger partial charge in [-0.05, 0) is 20.3 Å². The van der Waals surface area contributed by atoms with E-state index in [4.69, 9.17) is 19.5 Å². The van der Waals surface area contributed by atoms with Gasteiger partial charge in [-0.3, -0.25) is 4.79 Å². The zero-order valence-electron chi connectivity index (χ0n) is 10.3. The van der Waals surface area contributed by atoms with Crippen LogP contribution in [0.3, 0.4) is 0 Å². The summed E-state index contributed by atoms with van der Waals surface area (Å²) >= 11 is 0. The second-order valence-corrected chi connectivity index (χ2v) is 4.63. The van der Waals surface area contributed by atoms with Crippen LogP contribution < -0.4 is 0 Å². The molecule has 2 aliphatic rings. The molecule has 0 amide bonds. The first kappa shape index (κ1) is 12.3. The highest BCUT2D eigenvalue weighted by molar-refractivity contribution is 5.75. The molecule has 1 saturated carbocycles. The molecule has 94 valence electrons. The minimum atomic E-state index is -0.938. The molecular formula is C12H17NO4. The van der Waals surface area contributed by atoms with Crippen LogP contribution in [0.4, 0.5) is 0 Å². The van der Waals surface area contributed by atoms with Crippen LogP contribution in [0, 0.1) is 29.1 Å². The van der Waals surface area contributed by atoms with Gasteiger partial charge < -0.3 is 14.2 Å². The monoisotopic (exact) mass is 239 g/mol. The first-order chi connectivity index (χ1) is 8.05. The van der Waals surface area contributed by atoms with Crippen molar-refractivity contribution in [1.29, 1.82) is 5.26 Å². The molecule has 1 aliphatic heterocycles. The van der Waals surface area contributed by atoms with Gasteiger partial charge in [-0.25, -0.2) is 0 Å². The van der Waals surface area contributed by atoms with Gasteiger partial charge in [0.15, 0.2) is 12.1 Å². The molecule has 0 aromatic carbocycles. The highest BCUT2D eigenvalue weighted by atomic mass is 16.9. The molecule has 5 heteroatoms. The van der Waals surface area contributed by atoms with Crippen molar-refractivity contribution >= 4 is 5.97 Å². The van der Waals surface area contributed by atoms with Crippen LogP contribution in [0.25, 0.3) is 0 Å². The highest BCUT2D eigenvalue weighted by Crippen LogP contribution is 2.53. The summed E-state index contributed by atoms with van der Waals surface area (Å²) in [5.74, 6) is -2.32. The fraction of sp³-hybridized carbons (Fsp3) is 0.833. The standard InChI is InChI=1S/C12H17NO4/c1-4-15-11(14)10-9(6-13)5-7(2)12(10)16-8(3)17-12/h7-10H,4-5H2,1-3H3. The molecule has 0 aromatic rings. The maximum Gasteiger partial charge on any atom is 0.315 e. The Morgan fingerprint density at radius 2 is 2.18 bits per heavy atom. The van der Waals surface area contributed by atoms with Crippen molar-refractivity contribution in [1.82, 2.24) is 0 Å². The number of nitrogens with zero attached hydrogens (tertiary/aromatic N) is 1. The number of nitriles is 1. The maximum atomic E-state index is 11.9. The Bertz CT molecular complexity index is 356. The summed E-state index contributed by atoms with van der Waals surface area (Å²) in [6.45, 7) is 5.76. The third-order valence-corrected chi connectivity index (χ3v) is 3.54. The Hall–Kier alpha value is -1.12. The largest absolute Gasteiger partial charge is 0.466 e. The minimum Gasteiger partial charge on any atom is -0.466 e. The Labute approximate surface area is 101 Å². The number of carbonyl (C=O) groups excluding carboxylic acids is 1. The van der Waals surface area contributed by atoms with E-state index < -0.39 is 23.6 Å². The van der Waals surface area contributed by atoms with Crippen molar-refractivity contribution in [2.24, 2.45) is 17.8 Å². The number of rotatable bonds is 2. The molecule has 3 unspecified atom stereocenters. The molecule has 17 heavy (non-hydrogen) atoms. The van der Waals surface area contributed by atoms with E-state index >= 15 is 0 Å². The molecule has 0 aromatic heterocycles. The van der Waals surface area contributed by atoms with Gasteiger partial charge in [0.2, 0.25) is 0 Å². The van der Waals surface area contributed by atoms with E-state index in [9.17, 15) is 4.79 Å². The molecule has 1 spiro atoms. The molecule has 0 bridgehead atoms. The lowest BCUT2D eigenvalue weighted by Gasteiger charge is -2.49. The van der Waals surface area contributed by atoms with Crippen LogP contribution in [-0.2, 0) is 19.0 Å². The Morgan fingerprint density at radius 3 is 2.65 bits per heavy atom. The average Bonchev–Trinajstić information content (AvgIpc) is 2.52. The van der Waals surface area contributed by atoms with E-state index in [1.807, 2.05) is 6.92 Å². The third-order valence-electron chi connectivity index (χ3n) is 3.54. The molecule has 2 rings (SSSR count). The summed E-state index contributed by atoms with van der Waals surface area (Å²) in [6.07, 6.45) is 0.291. The van der Waals surface area contributed by atoms with Crippen molar-refractivity contribution in [3.05, 3.63) is 0 Å². The normalized spacial score (nSPS) is 44.1. The second kappa shape index (κ2) is 4.28. The van der Waals surface area contributed by atoms with Crippen LogP contribution in [0.15, 0.2) is 0 Å². The Balaban J connectivity index is 2.24. The zero-order chi connectivity index (χ0) is 12.6. The van der Waals surface area contributed by atoms with Gasteiger partial charge in [-0.15, -0.1) is 0 Å². The van der Waals surface area contributed by atoms with E-state index in [1.165, 1.54) is 0 Å². The van der Waals surface area contributed by atoms with E-state index in [2.05, 4.69) is 6.07 Å². The van der Waals surface area contributed by atoms with Crippen LogP contribution in [0.1, 0.15) is 27.2 Å². The Kier molecular flexibility index (Phi) is 3.11. The average molecular weight is 239 g/mol. The van der Waals surface area contributed by atoms with E-state index in [0.29, 0.717) is 13.0 Å². The number of esters is 1. The molecule has 1 saturated heterocycles. The van der Waals surface area contributed by atoms with Gasteiger partial charge in [-0.2, -0.15) is 5.26 Å². The molecule has 5 nitrogen and oxygen atoms in total. The van der Waals surface area contributed by atoms with Gasteiger partial charge in [0.1, 0.15) is 5.92 Å². The van der Waals surface area contributed by atoms with Crippen LogP contribution in [0.5, 0.6) is 0 Å². The summed E-state index contributed by atoms with van der Waals surface area (Å²) in [6, 6.07) is 2.16. The molecule has 0 N–H and O–H groups in total. The molecular weight excluding hydrogens is 222 g/mol. The van der Waals surface area contributed by atoms with E-state index in [-0.39, 0.29) is 12.2 Å². The zero-order valence-corrected chi connectivity index (χ0v) is 10.3. The topological polar surface area (TPSA) is 68.6 Å². The van der Waals surface area contributed by atoms with Crippen LogP contribution >= 0.6 is 0 Å². The van der Waals surface area contributed by atoms with Crippen molar-refractivity contribution in [2.45, 2.75) is 39.3 Å². The lowest BCUT2D eigenvalue weighted by Crippen LogP contribution is -2.60. The van der Waals surface area contributed by atoms with Gasteiger partial charge in [0, 0.05) is 5.92 Å². The van der Waals surface area contributed by atoms with Crippen LogP contribution in [0.2, 0.25) is 0 Å². The molecule has 3 atom stereocenters. The summed E-state index contributed by atoms with van der Waals surface area (Å²) in [7, 11) is 0. The Morgan fingerprint density at radius 1 is 1.53 bits per heavy atom. The number of carbonyl (C=O) groups is 1. The van der Waals surface area contributed by atoms with Gasteiger partial charge in [-0.1, -0.05) is 6.92 Å². The van der Waals surface area contributed by atoms with Crippen molar-refractivity contribution in [2.75, 3.05) is 6.61 Å². The molecule has 1 aliphatic carbocycles. The molecule has 0 radical (unpaired) electrons. The van der Waals surface area contributed by atoms with Gasteiger partial charge >= 0.3 is 5.97 Å². The number of hydrogen-bond donors (Lipinski definition) is 0. The summed E-state index contributed by atoms with van der Waals surface area (Å²) in [5, 5.41) is 9.12. The highest BCUT2D eigenvalue weighted by Gasteiger charge is 2.65. The predicted molar refractivity (Wildman–Crippen MR) is 57.4 cm³/mol. The summed E-state index contributed by atoms with van der Waals surface area (Å²) in [5.41, 5.74) is 0. The SMILES string of the molecule is CCOC(=O)C1C(C#N)CC(C)C12OC(C)O2. The molecule has 2 fully saturated rings. The smallest absolute Gasteiger partial charge is 0.315 e. The first-order valence-corrected chi connectivity index (χ1v) is 5.97. The predicted octanol–water partition coefficient (Wildman–Crippen LogP) is 1.43. The lowest BCUT2D eigenvalue weighted by molar-refractivity contribution is -0.466. The summed E-state index contributed by atoms with van der Waals surface area (Å²) in [4.78, 5) is 11.9. The van der Waals surface area contributed by atoms with Crippen molar-refractivity contribution < 1.29 is 19.0 Å². The fourth-order valence-corrected chi connectivity index (χ4v) is 2.86. The van der Waals surface area contributed by atoms with Crippen LogP contribution in [-0.4, -0.2) is 24.7 Å². The number of ether oxygens (including phenoxy) is 3. The summed E-state index contributed by atoms with van der Waals surface area (Å²) < 4.78 is 16.3. The minimum absolute atomic E-state index is 0.0257. The second-order valence-electron chi connectivity index (χ2n) is 4.63.